The van der Waals surface area contributed by atoms with Crippen LogP contribution in [0.3, 0.4) is 0 Å². The van der Waals surface area contributed by atoms with Crippen molar-refractivity contribution in [2.45, 2.75) is 43.9 Å². The van der Waals surface area contributed by atoms with Crippen LogP contribution in [-0.4, -0.2) is 43.9 Å². The quantitative estimate of drug-likeness (QED) is 0.566. The van der Waals surface area contributed by atoms with Crippen molar-refractivity contribution in [1.29, 1.82) is 0 Å². The Morgan fingerprint density at radius 3 is 2.48 bits per heavy atom. The molecule has 0 bridgehead atoms. The molecule has 150 valence electrons. The average Bonchev–Trinajstić information content (AvgIpc) is 3.16. The molecule has 0 unspecified atom stereocenters. The largest absolute Gasteiger partial charge is 0.339 e. The van der Waals surface area contributed by atoms with Gasteiger partial charge in [-0.1, -0.05) is 72.4 Å². The fraction of sp³-hybridized carbons (Fsp3) is 0.348. The predicted octanol–water partition coefficient (Wildman–Crippen LogP) is 4.49. The van der Waals surface area contributed by atoms with Crippen molar-refractivity contribution in [2.75, 3.05) is 12.3 Å². The lowest BCUT2D eigenvalue weighted by atomic mass is 10.0. The van der Waals surface area contributed by atoms with E-state index in [0.29, 0.717) is 18.3 Å². The number of rotatable bonds is 6. The van der Waals surface area contributed by atoms with Crippen LogP contribution in [0, 0.1) is 0 Å². The molecule has 0 spiro atoms. The smallest absolute Gasteiger partial charge is 0.233 e. The van der Waals surface area contributed by atoms with Crippen LogP contribution >= 0.6 is 11.8 Å². The van der Waals surface area contributed by atoms with Crippen molar-refractivity contribution in [1.82, 2.24) is 19.7 Å². The second-order valence-corrected chi connectivity index (χ2v) is 8.41. The van der Waals surface area contributed by atoms with Crippen molar-refractivity contribution in [3.8, 4) is 11.4 Å². The van der Waals surface area contributed by atoms with Crippen LogP contribution in [0.1, 0.15) is 31.7 Å². The van der Waals surface area contributed by atoms with Gasteiger partial charge in [0, 0.05) is 18.2 Å². The first-order chi connectivity index (χ1) is 14.2. The Morgan fingerprint density at radius 1 is 1.03 bits per heavy atom. The third kappa shape index (κ3) is 4.70. The number of nitrogens with zero attached hydrogens (tertiary/aromatic N) is 4. The van der Waals surface area contributed by atoms with Gasteiger partial charge in [-0.05, 0) is 31.7 Å². The highest BCUT2D eigenvalue weighted by atomic mass is 32.2. The number of carbonyl (C=O) groups is 1. The first-order valence-electron chi connectivity index (χ1n) is 10.2. The van der Waals surface area contributed by atoms with Crippen LogP contribution in [0.25, 0.3) is 11.4 Å². The van der Waals surface area contributed by atoms with E-state index in [1.807, 2.05) is 53.4 Å². The molecule has 1 aromatic heterocycles. The van der Waals surface area contributed by atoms with E-state index in [0.717, 1.165) is 35.9 Å². The number of aromatic nitrogens is 3. The fourth-order valence-electron chi connectivity index (χ4n) is 3.78. The average molecular weight is 407 g/mol. The van der Waals surface area contributed by atoms with Gasteiger partial charge in [0.1, 0.15) is 0 Å². The number of amides is 1. The zero-order valence-corrected chi connectivity index (χ0v) is 17.5. The summed E-state index contributed by atoms with van der Waals surface area (Å²) in [4.78, 5) is 14.8. The van der Waals surface area contributed by atoms with Crippen molar-refractivity contribution in [2.24, 2.45) is 0 Å². The summed E-state index contributed by atoms with van der Waals surface area (Å²) < 4.78 is 2.11. The molecule has 1 amide bonds. The normalized spacial score (nSPS) is 16.7. The Labute approximate surface area is 176 Å². The SMILES string of the molecule is C[C@H]1CCCCN1C(=O)CSc1nnc(-c2ccccc2)n1Cc1ccccc1. The van der Waals surface area contributed by atoms with Gasteiger partial charge >= 0.3 is 0 Å². The molecule has 1 aliphatic heterocycles. The third-order valence-electron chi connectivity index (χ3n) is 5.38. The standard InChI is InChI=1S/C23H26N4OS/c1-18-10-8-9-15-26(18)21(28)17-29-23-25-24-22(20-13-6-3-7-14-20)27(23)16-19-11-4-2-5-12-19/h2-7,11-14,18H,8-10,15-17H2,1H3/t18-/m0/s1. The first-order valence-corrected chi connectivity index (χ1v) is 11.2. The van der Waals surface area contributed by atoms with Gasteiger partial charge in [0.2, 0.25) is 5.91 Å². The molecular formula is C23H26N4OS. The number of likely N-dealkylation sites (tertiary alicyclic amines) is 1. The van der Waals surface area contributed by atoms with Crippen molar-refractivity contribution in [3.63, 3.8) is 0 Å². The zero-order chi connectivity index (χ0) is 20.1. The topological polar surface area (TPSA) is 51.0 Å². The maximum atomic E-state index is 12.8. The minimum absolute atomic E-state index is 0.192. The molecule has 1 atom stereocenters. The number of carbonyl (C=O) groups excluding carboxylic acids is 1. The number of thioether (sulfide) groups is 1. The molecule has 2 aromatic carbocycles. The highest BCUT2D eigenvalue weighted by Gasteiger charge is 2.24. The van der Waals surface area contributed by atoms with Gasteiger partial charge in [-0.2, -0.15) is 0 Å². The van der Waals surface area contributed by atoms with Crippen LogP contribution in [0.5, 0.6) is 0 Å². The summed E-state index contributed by atoms with van der Waals surface area (Å²) in [5, 5.41) is 9.67. The zero-order valence-electron chi connectivity index (χ0n) is 16.7. The molecule has 6 heteroatoms. The minimum atomic E-state index is 0.192. The Morgan fingerprint density at radius 2 is 1.76 bits per heavy atom. The van der Waals surface area contributed by atoms with E-state index in [9.17, 15) is 4.79 Å². The Kier molecular flexibility index (Phi) is 6.30. The molecule has 5 nitrogen and oxygen atoms in total. The second-order valence-electron chi connectivity index (χ2n) is 7.46. The van der Waals surface area contributed by atoms with Crippen molar-refractivity contribution >= 4 is 17.7 Å². The third-order valence-corrected chi connectivity index (χ3v) is 6.33. The first kappa shape index (κ1) is 19.7. The molecule has 0 saturated carbocycles. The maximum absolute atomic E-state index is 12.8. The minimum Gasteiger partial charge on any atom is -0.339 e. The van der Waals surface area contributed by atoms with Crippen LogP contribution in [-0.2, 0) is 11.3 Å². The molecule has 0 N–H and O–H groups in total. The summed E-state index contributed by atoms with van der Waals surface area (Å²) in [6.07, 6.45) is 3.41. The molecule has 1 fully saturated rings. The molecule has 1 saturated heterocycles. The molecule has 1 aliphatic rings. The second kappa shape index (κ2) is 9.27. The molecule has 2 heterocycles. The lowest BCUT2D eigenvalue weighted by Gasteiger charge is -2.33. The van der Waals surface area contributed by atoms with Crippen molar-refractivity contribution in [3.05, 3.63) is 66.2 Å². The monoisotopic (exact) mass is 406 g/mol. The fourth-order valence-corrected chi connectivity index (χ4v) is 4.61. The molecule has 0 radical (unpaired) electrons. The summed E-state index contributed by atoms with van der Waals surface area (Å²) in [7, 11) is 0. The van der Waals surface area contributed by atoms with E-state index in [1.54, 1.807) is 0 Å². The number of hydrogen-bond acceptors (Lipinski definition) is 4. The van der Waals surface area contributed by atoms with E-state index in [-0.39, 0.29) is 5.91 Å². The summed E-state index contributed by atoms with van der Waals surface area (Å²) in [6, 6.07) is 20.7. The van der Waals surface area contributed by atoms with Crippen LogP contribution in [0.4, 0.5) is 0 Å². The predicted molar refractivity (Wildman–Crippen MR) is 117 cm³/mol. The molecule has 4 rings (SSSR count). The van der Waals surface area contributed by atoms with Crippen molar-refractivity contribution < 1.29 is 4.79 Å². The van der Waals surface area contributed by atoms with Gasteiger partial charge in [0.15, 0.2) is 11.0 Å². The van der Waals surface area contributed by atoms with Crippen LogP contribution < -0.4 is 0 Å². The van der Waals surface area contributed by atoms with E-state index < -0.39 is 0 Å². The Hall–Kier alpha value is -2.60. The lowest BCUT2D eigenvalue weighted by molar-refractivity contribution is -0.131. The van der Waals surface area contributed by atoms with Gasteiger partial charge < -0.3 is 4.90 Å². The van der Waals surface area contributed by atoms with E-state index in [4.69, 9.17) is 0 Å². The van der Waals surface area contributed by atoms with E-state index in [2.05, 4.69) is 33.8 Å². The van der Waals surface area contributed by atoms with E-state index in [1.165, 1.54) is 23.7 Å². The number of benzene rings is 2. The number of piperidine rings is 1. The summed E-state index contributed by atoms with van der Waals surface area (Å²) >= 11 is 1.48. The van der Waals surface area contributed by atoms with Gasteiger partial charge in [0.05, 0.1) is 12.3 Å². The maximum Gasteiger partial charge on any atom is 0.233 e. The Balaban J connectivity index is 1.56. The molecule has 29 heavy (non-hydrogen) atoms. The van der Waals surface area contributed by atoms with Gasteiger partial charge in [-0.25, -0.2) is 0 Å². The highest BCUT2D eigenvalue weighted by Crippen LogP contribution is 2.26. The van der Waals surface area contributed by atoms with Gasteiger partial charge in [0.25, 0.3) is 0 Å². The lowest BCUT2D eigenvalue weighted by Crippen LogP contribution is -2.43. The highest BCUT2D eigenvalue weighted by molar-refractivity contribution is 7.99. The van der Waals surface area contributed by atoms with Gasteiger partial charge in [-0.15, -0.1) is 10.2 Å². The van der Waals surface area contributed by atoms with Crippen LogP contribution in [0.15, 0.2) is 65.8 Å². The summed E-state index contributed by atoms with van der Waals surface area (Å²) in [6.45, 7) is 3.69. The molecule has 3 aromatic rings. The van der Waals surface area contributed by atoms with E-state index >= 15 is 0 Å². The Bertz CT molecular complexity index is 942. The number of hydrogen-bond donors (Lipinski definition) is 0. The van der Waals surface area contributed by atoms with Gasteiger partial charge in [-0.3, -0.25) is 9.36 Å². The summed E-state index contributed by atoms with van der Waals surface area (Å²) in [5.74, 6) is 1.42. The van der Waals surface area contributed by atoms with Crippen LogP contribution in [0.2, 0.25) is 0 Å². The molecule has 0 aliphatic carbocycles. The summed E-state index contributed by atoms with van der Waals surface area (Å²) in [5.41, 5.74) is 2.21. The molecular weight excluding hydrogens is 380 g/mol.